The maximum Gasteiger partial charge on any atom is 0.251 e. The second-order valence-corrected chi connectivity index (χ2v) is 4.04. The van der Waals surface area contributed by atoms with Gasteiger partial charge in [-0.05, 0) is 30.3 Å². The third-order valence-corrected chi connectivity index (χ3v) is 2.73. The number of carbonyl (C=O) groups excluding carboxylic acids is 1. The molecule has 5 heteroatoms. The van der Waals surface area contributed by atoms with Gasteiger partial charge in [-0.15, -0.1) is 0 Å². The van der Waals surface area contributed by atoms with Gasteiger partial charge in [0.15, 0.2) is 0 Å². The maximum atomic E-state index is 11.9. The number of hydrogen-bond donors (Lipinski definition) is 2. The van der Waals surface area contributed by atoms with E-state index in [1.165, 1.54) is 7.11 Å². The number of nitrogen functional groups attached to an aromatic ring is 1. The molecular weight excluding hydrogens is 244 g/mol. The molecule has 1 amide bonds. The highest BCUT2D eigenvalue weighted by molar-refractivity contribution is 5.95. The molecule has 5 nitrogen and oxygen atoms in total. The number of nitrogens with two attached hydrogens (primary N) is 1. The van der Waals surface area contributed by atoms with Gasteiger partial charge in [0.05, 0.1) is 19.1 Å². The van der Waals surface area contributed by atoms with Gasteiger partial charge in [-0.25, -0.2) is 0 Å². The summed E-state index contributed by atoms with van der Waals surface area (Å²) < 4.78 is 10.2. The highest BCUT2D eigenvalue weighted by atomic mass is 16.5. The van der Waals surface area contributed by atoms with Crippen molar-refractivity contribution < 1.29 is 13.9 Å². The average Bonchev–Trinajstić information content (AvgIpc) is 2.91. The van der Waals surface area contributed by atoms with Gasteiger partial charge < -0.3 is 20.2 Å². The number of rotatable bonds is 5. The van der Waals surface area contributed by atoms with Crippen molar-refractivity contribution in [2.24, 2.45) is 0 Å². The predicted molar refractivity (Wildman–Crippen MR) is 72.2 cm³/mol. The van der Waals surface area contributed by atoms with Crippen molar-refractivity contribution in [3.63, 3.8) is 0 Å². The molecule has 0 bridgehead atoms. The molecule has 1 heterocycles. The first-order chi connectivity index (χ1) is 9.20. The van der Waals surface area contributed by atoms with Crippen LogP contribution in [0.5, 0.6) is 5.75 Å². The molecule has 0 aliphatic heterocycles. The molecule has 0 radical (unpaired) electrons. The smallest absolute Gasteiger partial charge is 0.251 e. The summed E-state index contributed by atoms with van der Waals surface area (Å²) in [6.07, 6.45) is 2.27. The van der Waals surface area contributed by atoms with Gasteiger partial charge in [-0.3, -0.25) is 4.79 Å². The van der Waals surface area contributed by atoms with Gasteiger partial charge in [-0.2, -0.15) is 0 Å². The highest BCUT2D eigenvalue weighted by Crippen LogP contribution is 2.21. The largest absolute Gasteiger partial charge is 0.495 e. The summed E-state index contributed by atoms with van der Waals surface area (Å²) in [4.78, 5) is 11.9. The van der Waals surface area contributed by atoms with Gasteiger partial charge in [0.25, 0.3) is 5.91 Å². The van der Waals surface area contributed by atoms with Crippen molar-refractivity contribution >= 4 is 11.6 Å². The van der Waals surface area contributed by atoms with E-state index >= 15 is 0 Å². The molecule has 3 N–H and O–H groups in total. The van der Waals surface area contributed by atoms with Crippen molar-refractivity contribution in [3.8, 4) is 5.75 Å². The number of furan rings is 1. The summed E-state index contributed by atoms with van der Waals surface area (Å²) in [6.45, 7) is 0.512. The Hall–Kier alpha value is -2.43. The zero-order valence-corrected chi connectivity index (χ0v) is 10.7. The minimum Gasteiger partial charge on any atom is -0.495 e. The van der Waals surface area contributed by atoms with E-state index in [1.807, 2.05) is 12.1 Å². The predicted octanol–water partition coefficient (Wildman–Crippen LogP) is 1.84. The van der Waals surface area contributed by atoms with E-state index < -0.39 is 0 Å². The first-order valence-corrected chi connectivity index (χ1v) is 5.95. The van der Waals surface area contributed by atoms with Crippen LogP contribution >= 0.6 is 0 Å². The number of ether oxygens (including phenoxy) is 1. The van der Waals surface area contributed by atoms with E-state index in [1.54, 1.807) is 24.5 Å². The summed E-state index contributed by atoms with van der Waals surface area (Å²) >= 11 is 0. The molecule has 19 heavy (non-hydrogen) atoms. The Morgan fingerprint density at radius 1 is 1.42 bits per heavy atom. The lowest BCUT2D eigenvalue weighted by molar-refractivity contribution is 0.0953. The van der Waals surface area contributed by atoms with Crippen LogP contribution in [0.25, 0.3) is 0 Å². The Bertz CT molecular complexity index is 550. The Balaban J connectivity index is 1.91. The second kappa shape index (κ2) is 5.95. The summed E-state index contributed by atoms with van der Waals surface area (Å²) in [6, 6.07) is 8.65. The van der Waals surface area contributed by atoms with Crippen molar-refractivity contribution in [2.75, 3.05) is 19.4 Å². The van der Waals surface area contributed by atoms with Crippen LogP contribution in [0.15, 0.2) is 41.0 Å². The Morgan fingerprint density at radius 2 is 2.26 bits per heavy atom. The van der Waals surface area contributed by atoms with Crippen molar-refractivity contribution in [3.05, 3.63) is 47.9 Å². The maximum absolute atomic E-state index is 11.9. The average molecular weight is 260 g/mol. The zero-order chi connectivity index (χ0) is 13.7. The quantitative estimate of drug-likeness (QED) is 0.804. The third-order valence-electron chi connectivity index (χ3n) is 2.73. The molecule has 2 aromatic rings. The number of benzene rings is 1. The SMILES string of the molecule is COc1ccc(C(=O)NCCc2ccco2)cc1N. The molecule has 0 fully saturated rings. The van der Waals surface area contributed by atoms with E-state index in [-0.39, 0.29) is 5.91 Å². The molecule has 2 rings (SSSR count). The fraction of sp³-hybridized carbons (Fsp3) is 0.214. The number of methoxy groups -OCH3 is 1. The van der Waals surface area contributed by atoms with Crippen LogP contribution in [0, 0.1) is 0 Å². The molecule has 0 saturated carbocycles. The lowest BCUT2D eigenvalue weighted by atomic mass is 10.1. The van der Waals surface area contributed by atoms with Crippen LogP contribution < -0.4 is 15.8 Å². The monoisotopic (exact) mass is 260 g/mol. The normalized spacial score (nSPS) is 10.2. The molecule has 0 atom stereocenters. The van der Waals surface area contributed by atoms with Gasteiger partial charge in [0.2, 0.25) is 0 Å². The molecule has 0 spiro atoms. The second-order valence-electron chi connectivity index (χ2n) is 4.04. The minimum atomic E-state index is -0.166. The number of anilines is 1. The van der Waals surface area contributed by atoms with E-state index in [4.69, 9.17) is 14.9 Å². The summed E-state index contributed by atoms with van der Waals surface area (Å²) in [5.74, 6) is 1.24. The topological polar surface area (TPSA) is 77.5 Å². The lowest BCUT2D eigenvalue weighted by Crippen LogP contribution is -2.25. The van der Waals surface area contributed by atoms with Gasteiger partial charge in [0, 0.05) is 18.5 Å². The van der Waals surface area contributed by atoms with E-state index in [0.717, 1.165) is 5.76 Å². The van der Waals surface area contributed by atoms with Crippen molar-refractivity contribution in [1.82, 2.24) is 5.32 Å². The fourth-order valence-corrected chi connectivity index (χ4v) is 1.73. The van der Waals surface area contributed by atoms with Gasteiger partial charge in [0.1, 0.15) is 11.5 Å². The van der Waals surface area contributed by atoms with Crippen LogP contribution in [0.4, 0.5) is 5.69 Å². The number of amides is 1. The van der Waals surface area contributed by atoms with E-state index in [0.29, 0.717) is 30.0 Å². The molecule has 0 aliphatic rings. The fourth-order valence-electron chi connectivity index (χ4n) is 1.73. The zero-order valence-electron chi connectivity index (χ0n) is 10.7. The first-order valence-electron chi connectivity index (χ1n) is 5.95. The Labute approximate surface area is 111 Å². The molecule has 0 saturated heterocycles. The molecule has 1 aromatic heterocycles. The van der Waals surface area contributed by atoms with Crippen LogP contribution in [0.2, 0.25) is 0 Å². The summed E-state index contributed by atoms with van der Waals surface area (Å²) in [7, 11) is 1.54. The van der Waals surface area contributed by atoms with Crippen molar-refractivity contribution in [2.45, 2.75) is 6.42 Å². The van der Waals surface area contributed by atoms with Gasteiger partial charge >= 0.3 is 0 Å². The summed E-state index contributed by atoms with van der Waals surface area (Å²) in [5.41, 5.74) is 6.71. The third kappa shape index (κ3) is 3.28. The molecular formula is C14H16N2O3. The van der Waals surface area contributed by atoms with E-state index in [9.17, 15) is 4.79 Å². The molecule has 1 aromatic carbocycles. The van der Waals surface area contributed by atoms with E-state index in [2.05, 4.69) is 5.32 Å². The van der Waals surface area contributed by atoms with Crippen LogP contribution in [0.3, 0.4) is 0 Å². The first kappa shape index (κ1) is 13.0. The molecule has 0 aliphatic carbocycles. The number of hydrogen-bond acceptors (Lipinski definition) is 4. The number of carbonyl (C=O) groups is 1. The Kier molecular flexibility index (Phi) is 4.07. The van der Waals surface area contributed by atoms with Crippen molar-refractivity contribution in [1.29, 1.82) is 0 Å². The van der Waals surface area contributed by atoms with Gasteiger partial charge in [-0.1, -0.05) is 0 Å². The lowest BCUT2D eigenvalue weighted by Gasteiger charge is -2.07. The van der Waals surface area contributed by atoms with Crippen LogP contribution in [0.1, 0.15) is 16.1 Å². The number of nitrogens with one attached hydrogen (secondary N) is 1. The molecule has 0 unspecified atom stereocenters. The highest BCUT2D eigenvalue weighted by Gasteiger charge is 2.08. The summed E-state index contributed by atoms with van der Waals surface area (Å²) in [5, 5.41) is 2.81. The standard InChI is InChI=1S/C14H16N2O3/c1-18-13-5-4-10(9-12(13)15)14(17)16-7-6-11-3-2-8-19-11/h2-5,8-9H,6-7,15H2,1H3,(H,16,17). The minimum absolute atomic E-state index is 0.166. The Morgan fingerprint density at radius 3 is 2.89 bits per heavy atom. The van der Waals surface area contributed by atoms with Crippen LogP contribution in [-0.4, -0.2) is 19.6 Å². The van der Waals surface area contributed by atoms with Crippen LogP contribution in [-0.2, 0) is 6.42 Å². The molecule has 100 valence electrons.